The van der Waals surface area contributed by atoms with Crippen LogP contribution in [0, 0.1) is 5.92 Å². The van der Waals surface area contributed by atoms with E-state index < -0.39 is 35.4 Å². The largest absolute Gasteiger partial charge is 0.477 e. The summed E-state index contributed by atoms with van der Waals surface area (Å²) in [5.74, 6) is -2.37. The molecule has 0 aromatic rings. The van der Waals surface area contributed by atoms with E-state index in [2.05, 4.69) is 4.74 Å². The van der Waals surface area contributed by atoms with Crippen molar-refractivity contribution in [3.05, 3.63) is 10.6 Å². The van der Waals surface area contributed by atoms with Crippen LogP contribution in [0.25, 0.3) is 0 Å². The fraction of sp³-hybridized carbons (Fsp3) is 0.500. The number of ether oxygens (including phenoxy) is 1. The van der Waals surface area contributed by atoms with Crippen molar-refractivity contribution in [3.63, 3.8) is 0 Å². The number of β-lactam (4-membered cyclic amide) rings is 1. The molecule has 20 heavy (non-hydrogen) atoms. The second-order valence-corrected chi connectivity index (χ2v) is 6.64. The number of carboxylic acid groups (broad SMARTS) is 1. The van der Waals surface area contributed by atoms with Crippen LogP contribution in [0.3, 0.4) is 0 Å². The summed E-state index contributed by atoms with van der Waals surface area (Å²) in [6, 6.07) is 0. The van der Waals surface area contributed by atoms with Crippen LogP contribution in [-0.2, 0) is 14.3 Å². The van der Waals surface area contributed by atoms with E-state index in [-0.39, 0.29) is 17.2 Å². The summed E-state index contributed by atoms with van der Waals surface area (Å²) in [6.07, 6.45) is -1.87. The van der Waals surface area contributed by atoms with Crippen molar-refractivity contribution in [1.82, 2.24) is 4.90 Å². The van der Waals surface area contributed by atoms with Crippen LogP contribution in [0.15, 0.2) is 10.6 Å². The van der Waals surface area contributed by atoms with Gasteiger partial charge in [0.1, 0.15) is 17.7 Å². The predicted octanol–water partition coefficient (Wildman–Crippen LogP) is -0.0618. The molecule has 2 rings (SSSR count). The van der Waals surface area contributed by atoms with Crippen molar-refractivity contribution in [3.8, 4) is 0 Å². The second kappa shape index (κ2) is 5.54. The van der Waals surface area contributed by atoms with E-state index in [9.17, 15) is 24.6 Å². The molecular weight excluding hydrogens is 308 g/mol. The first-order valence-corrected chi connectivity index (χ1v) is 7.79. The lowest BCUT2D eigenvalue weighted by Gasteiger charge is -2.49. The van der Waals surface area contributed by atoms with E-state index in [4.69, 9.17) is 5.73 Å². The van der Waals surface area contributed by atoms with Gasteiger partial charge in [0, 0.05) is 0 Å². The van der Waals surface area contributed by atoms with Crippen molar-refractivity contribution in [2.75, 3.05) is 6.61 Å². The number of nitrogens with two attached hydrogens (primary N) is 1. The summed E-state index contributed by atoms with van der Waals surface area (Å²) in [4.78, 5) is 35.2. The van der Waals surface area contributed by atoms with Crippen LogP contribution in [-0.4, -0.2) is 51.2 Å². The van der Waals surface area contributed by atoms with Crippen molar-refractivity contribution < 1.29 is 29.3 Å². The van der Waals surface area contributed by atoms with E-state index in [1.54, 1.807) is 0 Å². The molecule has 0 saturated carbocycles. The Labute approximate surface area is 121 Å². The zero-order valence-corrected chi connectivity index (χ0v) is 11.9. The summed E-state index contributed by atoms with van der Waals surface area (Å²) in [5.41, 5.74) is 4.61. The van der Waals surface area contributed by atoms with Gasteiger partial charge in [0.2, 0.25) is 5.91 Å². The summed E-state index contributed by atoms with van der Waals surface area (Å²) in [7, 11) is 2.35. The lowest BCUT2D eigenvalue weighted by Crippen LogP contribution is -2.63. The van der Waals surface area contributed by atoms with Gasteiger partial charge in [-0.3, -0.25) is 9.69 Å². The van der Waals surface area contributed by atoms with Crippen molar-refractivity contribution >= 4 is 39.6 Å². The molecule has 2 heterocycles. The number of carbonyl (C=O) groups is 3. The Morgan fingerprint density at radius 3 is 2.70 bits per heavy atom. The number of primary amides is 1. The predicted molar refractivity (Wildman–Crippen MR) is 71.2 cm³/mol. The van der Waals surface area contributed by atoms with Gasteiger partial charge in [0.15, 0.2) is 0 Å². The molecule has 2 amide bonds. The topological polar surface area (TPSA) is 130 Å². The van der Waals surface area contributed by atoms with E-state index in [0.29, 0.717) is 0 Å². The quantitative estimate of drug-likeness (QED) is 0.485. The number of fused-ring (bicyclic) bond motifs is 1. The zero-order chi connectivity index (χ0) is 15.0. The van der Waals surface area contributed by atoms with Crippen LogP contribution in [0.2, 0.25) is 0 Å². The molecule has 0 aromatic heterocycles. The molecule has 4 N–H and O–H groups in total. The minimum absolute atomic E-state index is 0.220. The molecule has 1 saturated heterocycles. The maximum Gasteiger partial charge on any atom is 0.404 e. The van der Waals surface area contributed by atoms with E-state index in [0.717, 1.165) is 15.7 Å². The maximum absolute atomic E-state index is 11.9. The van der Waals surface area contributed by atoms with E-state index in [1.165, 1.54) is 17.7 Å². The summed E-state index contributed by atoms with van der Waals surface area (Å²) in [5, 5.41) is 18.3. The van der Waals surface area contributed by atoms with Gasteiger partial charge in [0.25, 0.3) is 0 Å². The molecule has 0 aliphatic carbocycles. The molecule has 0 bridgehead atoms. The molecule has 3 atom stereocenters. The smallest absolute Gasteiger partial charge is 0.404 e. The third-order valence-corrected chi connectivity index (χ3v) is 5.70. The van der Waals surface area contributed by atoms with Gasteiger partial charge in [0.05, 0.1) is 16.9 Å². The van der Waals surface area contributed by atoms with Gasteiger partial charge in [-0.2, -0.15) is 0 Å². The zero-order valence-electron chi connectivity index (χ0n) is 10.3. The van der Waals surface area contributed by atoms with Gasteiger partial charge < -0.3 is 20.7 Å². The highest BCUT2D eigenvalue weighted by molar-refractivity contribution is 8.78. The first kappa shape index (κ1) is 15.0. The minimum atomic E-state index is -1.29. The summed E-state index contributed by atoms with van der Waals surface area (Å²) < 4.78 is 4.58. The fourth-order valence-corrected chi connectivity index (χ4v) is 4.99. The highest BCUT2D eigenvalue weighted by atomic mass is 33.1. The third kappa shape index (κ3) is 2.45. The standard InChI is InChI=1S/C10H12N2O6S2/c1-3(13)5-7(14)12-6(9(15)16)4(2-18-10(11)17)19-20-8(5)12/h3,5,8,13H,2H2,1H3,(H2,11,17)(H,15,16)/t3-,5+,8-/m1/s1. The molecule has 8 nitrogen and oxygen atoms in total. The average molecular weight is 320 g/mol. The molecule has 0 aromatic carbocycles. The Balaban J connectivity index is 2.26. The van der Waals surface area contributed by atoms with Crippen LogP contribution < -0.4 is 5.73 Å². The van der Waals surface area contributed by atoms with Gasteiger partial charge in [-0.15, -0.1) is 0 Å². The van der Waals surface area contributed by atoms with Gasteiger partial charge in [-0.1, -0.05) is 21.6 Å². The van der Waals surface area contributed by atoms with Gasteiger partial charge in [-0.25, -0.2) is 9.59 Å². The number of rotatable bonds is 4. The number of carboxylic acids is 1. The molecule has 2 aliphatic rings. The first-order valence-electron chi connectivity index (χ1n) is 5.57. The van der Waals surface area contributed by atoms with Crippen LogP contribution in [0.1, 0.15) is 6.92 Å². The molecule has 1 fully saturated rings. The summed E-state index contributed by atoms with van der Waals surface area (Å²) in [6.45, 7) is 1.19. The maximum atomic E-state index is 11.9. The van der Waals surface area contributed by atoms with Crippen molar-refractivity contribution in [2.24, 2.45) is 11.7 Å². The molecule has 10 heteroatoms. The molecule has 110 valence electrons. The number of amides is 2. The van der Waals surface area contributed by atoms with E-state index in [1.807, 2.05) is 0 Å². The lowest BCUT2D eigenvalue weighted by atomic mass is 9.92. The lowest BCUT2D eigenvalue weighted by molar-refractivity contribution is -0.157. The van der Waals surface area contributed by atoms with Crippen LogP contribution >= 0.6 is 21.6 Å². The third-order valence-electron chi connectivity index (χ3n) is 2.90. The number of hydrogen-bond acceptors (Lipinski definition) is 7. The number of nitrogens with zero attached hydrogens (tertiary/aromatic N) is 1. The Bertz CT molecular complexity index is 506. The minimum Gasteiger partial charge on any atom is -0.477 e. The first-order chi connectivity index (χ1) is 9.34. The Morgan fingerprint density at radius 2 is 2.20 bits per heavy atom. The fourth-order valence-electron chi connectivity index (χ4n) is 2.00. The highest BCUT2D eigenvalue weighted by Crippen LogP contribution is 2.52. The van der Waals surface area contributed by atoms with Gasteiger partial charge in [-0.05, 0) is 6.92 Å². The highest BCUT2D eigenvalue weighted by Gasteiger charge is 2.55. The SMILES string of the molecule is C[C@@H](O)[C@H]1C(=O)N2C(C(=O)O)=C(COC(N)=O)SS[C@H]12. The number of aliphatic carboxylic acids is 1. The van der Waals surface area contributed by atoms with Crippen molar-refractivity contribution in [2.45, 2.75) is 18.4 Å². The normalized spacial score (nSPS) is 26.7. The monoisotopic (exact) mass is 320 g/mol. The molecular formula is C10H12N2O6S2. The molecule has 2 aliphatic heterocycles. The van der Waals surface area contributed by atoms with Crippen molar-refractivity contribution in [1.29, 1.82) is 0 Å². The molecule has 0 spiro atoms. The molecule has 0 radical (unpaired) electrons. The number of aliphatic hydroxyl groups excluding tert-OH is 1. The van der Waals surface area contributed by atoms with Gasteiger partial charge >= 0.3 is 12.1 Å². The number of carbonyl (C=O) groups excluding carboxylic acids is 2. The number of hydrogen-bond donors (Lipinski definition) is 3. The molecule has 0 unspecified atom stereocenters. The average Bonchev–Trinajstić information content (AvgIpc) is 2.34. The van der Waals surface area contributed by atoms with E-state index >= 15 is 0 Å². The van der Waals surface area contributed by atoms with Crippen LogP contribution in [0.5, 0.6) is 0 Å². The second-order valence-electron chi connectivity index (χ2n) is 4.23. The Morgan fingerprint density at radius 1 is 1.55 bits per heavy atom. The van der Waals surface area contributed by atoms with Crippen LogP contribution in [0.4, 0.5) is 4.79 Å². The summed E-state index contributed by atoms with van der Waals surface area (Å²) >= 11 is 0. The Kier molecular flexibility index (Phi) is 4.16. The number of aliphatic hydroxyl groups is 1. The Hall–Kier alpha value is -1.39.